The molecular weight excluding hydrogens is 342 g/mol. The summed E-state index contributed by atoms with van der Waals surface area (Å²) in [6.45, 7) is 1.01. The Bertz CT molecular complexity index is 745. The van der Waals surface area contributed by atoms with E-state index >= 15 is 0 Å². The number of hydrogen-bond donors (Lipinski definition) is 2. The maximum Gasteiger partial charge on any atom is 0.279 e. The summed E-state index contributed by atoms with van der Waals surface area (Å²) in [4.78, 5) is 14.2. The second-order valence-electron chi connectivity index (χ2n) is 5.39. The first-order chi connectivity index (χ1) is 11.6. The zero-order valence-corrected chi connectivity index (χ0v) is 15.0. The second-order valence-corrected chi connectivity index (χ2v) is 6.82. The highest BCUT2D eigenvalue weighted by atomic mass is 35.5. The minimum absolute atomic E-state index is 0.0652. The van der Waals surface area contributed by atoms with Gasteiger partial charge in [-0.3, -0.25) is 4.79 Å². The van der Waals surface area contributed by atoms with E-state index in [1.807, 2.05) is 55.6 Å². The zero-order chi connectivity index (χ0) is 17.4. The molecule has 2 N–H and O–H groups in total. The van der Waals surface area contributed by atoms with Crippen LogP contribution in [0.5, 0.6) is 0 Å². The monoisotopic (exact) mass is 360 g/mol. The van der Waals surface area contributed by atoms with Gasteiger partial charge in [-0.2, -0.15) is 5.26 Å². The third-order valence-corrected chi connectivity index (χ3v) is 4.67. The number of para-hydroxylation sites is 1. The van der Waals surface area contributed by atoms with E-state index in [0.29, 0.717) is 18.8 Å². The number of carbonyl (C=O) groups excluding carboxylic acids is 1. The fraction of sp³-hybridized carbons (Fsp3) is 0.222. The number of nitrogens with zero attached hydrogens (tertiary/aromatic N) is 1. The molecule has 0 aliphatic heterocycles. The van der Waals surface area contributed by atoms with Crippen LogP contribution in [0.25, 0.3) is 0 Å². The van der Waals surface area contributed by atoms with E-state index in [4.69, 9.17) is 16.9 Å². The Labute approximate surface area is 151 Å². The normalized spacial score (nSPS) is 11.5. The van der Waals surface area contributed by atoms with E-state index < -0.39 is 0 Å². The summed E-state index contributed by atoms with van der Waals surface area (Å²) in [7, 11) is 1.96. The molecule has 124 valence electrons. The lowest BCUT2D eigenvalue weighted by Gasteiger charge is -2.15. The van der Waals surface area contributed by atoms with E-state index in [1.54, 1.807) is 0 Å². The van der Waals surface area contributed by atoms with Gasteiger partial charge in [-0.25, -0.2) is 0 Å². The predicted molar refractivity (Wildman–Crippen MR) is 98.3 cm³/mol. The van der Waals surface area contributed by atoms with Crippen LogP contribution in [-0.4, -0.2) is 25.3 Å². The Morgan fingerprint density at radius 3 is 2.71 bits per heavy atom. The highest BCUT2D eigenvalue weighted by Crippen LogP contribution is 2.26. The molecule has 1 unspecified atom stereocenters. The number of hydrogen-bond acceptors (Lipinski definition) is 3. The average molecular weight is 361 g/mol. The van der Waals surface area contributed by atoms with Crippen molar-refractivity contribution in [3.05, 3.63) is 59.1 Å². The van der Waals surface area contributed by atoms with Crippen molar-refractivity contribution in [3.8, 4) is 6.07 Å². The molecule has 24 heavy (non-hydrogen) atoms. The molecule has 0 bridgehead atoms. The number of likely N-dealkylation sites (N-methyl/N-ethyl adjacent to an activating group) is 1. The lowest BCUT2D eigenvalue weighted by molar-refractivity contribution is -0.885. The summed E-state index contributed by atoms with van der Waals surface area (Å²) in [5.74, 6) is 0.287. The molecule has 0 fully saturated rings. The van der Waals surface area contributed by atoms with Crippen LogP contribution in [0.1, 0.15) is 5.56 Å². The number of halogens is 1. The number of anilines is 1. The lowest BCUT2D eigenvalue weighted by Crippen LogP contribution is -3.08. The van der Waals surface area contributed by atoms with Gasteiger partial charge in [-0.15, -0.1) is 11.8 Å². The van der Waals surface area contributed by atoms with Gasteiger partial charge in [0, 0.05) is 15.5 Å². The maximum atomic E-state index is 12.3. The molecule has 2 rings (SSSR count). The minimum atomic E-state index is -0.0652. The Hall–Kier alpha value is -2.00. The largest absolute Gasteiger partial charge is 0.326 e. The second kappa shape index (κ2) is 9.33. The molecule has 1 amide bonds. The maximum absolute atomic E-state index is 12.3. The molecule has 0 aromatic heterocycles. The first kappa shape index (κ1) is 18.3. The molecule has 6 heteroatoms. The SMILES string of the molecule is C[NH+](CC(=O)Nc1ccccc1SCC#N)Cc1ccccc1Cl. The number of nitrogens with one attached hydrogen (secondary N) is 2. The van der Waals surface area contributed by atoms with E-state index in [0.717, 1.165) is 26.1 Å². The van der Waals surface area contributed by atoms with Gasteiger partial charge < -0.3 is 10.2 Å². The van der Waals surface area contributed by atoms with Gasteiger partial charge in [0.05, 0.1) is 24.6 Å². The molecule has 1 atom stereocenters. The van der Waals surface area contributed by atoms with Gasteiger partial charge in [-0.1, -0.05) is 41.9 Å². The molecule has 0 saturated carbocycles. The molecule has 0 saturated heterocycles. The summed E-state index contributed by atoms with van der Waals surface area (Å²) >= 11 is 7.57. The quantitative estimate of drug-likeness (QED) is 0.746. The van der Waals surface area contributed by atoms with Gasteiger partial charge >= 0.3 is 0 Å². The van der Waals surface area contributed by atoms with E-state index in [9.17, 15) is 4.79 Å². The number of quaternary nitrogens is 1. The minimum Gasteiger partial charge on any atom is -0.326 e. The van der Waals surface area contributed by atoms with Crippen molar-refractivity contribution in [2.45, 2.75) is 11.4 Å². The standard InChI is InChI=1S/C18H18ClN3OS/c1-22(12-14-6-2-3-7-15(14)19)13-18(23)21-16-8-4-5-9-17(16)24-11-10-20/h2-9H,11-13H2,1H3,(H,21,23)/p+1. The summed E-state index contributed by atoms with van der Waals surface area (Å²) in [5.41, 5.74) is 1.77. The molecule has 2 aromatic carbocycles. The smallest absolute Gasteiger partial charge is 0.279 e. The van der Waals surface area contributed by atoms with Crippen LogP contribution >= 0.6 is 23.4 Å². The molecule has 0 heterocycles. The van der Waals surface area contributed by atoms with Gasteiger partial charge in [-0.05, 0) is 18.2 Å². The zero-order valence-electron chi connectivity index (χ0n) is 13.4. The first-order valence-electron chi connectivity index (χ1n) is 7.53. The van der Waals surface area contributed by atoms with Crippen LogP contribution in [0.4, 0.5) is 5.69 Å². The summed E-state index contributed by atoms with van der Waals surface area (Å²) in [5, 5.41) is 12.4. The Morgan fingerprint density at radius 2 is 1.96 bits per heavy atom. The number of amides is 1. The highest BCUT2D eigenvalue weighted by Gasteiger charge is 2.13. The van der Waals surface area contributed by atoms with Gasteiger partial charge in [0.15, 0.2) is 6.54 Å². The summed E-state index contributed by atoms with van der Waals surface area (Å²) in [6.07, 6.45) is 0. The van der Waals surface area contributed by atoms with Crippen molar-refractivity contribution < 1.29 is 9.69 Å². The van der Waals surface area contributed by atoms with E-state index in [1.165, 1.54) is 11.8 Å². The Kier molecular flexibility index (Phi) is 7.13. The van der Waals surface area contributed by atoms with Crippen molar-refractivity contribution in [2.24, 2.45) is 0 Å². The number of nitriles is 1. The molecule has 0 aliphatic rings. The van der Waals surface area contributed by atoms with Crippen LogP contribution in [0.2, 0.25) is 5.02 Å². The van der Waals surface area contributed by atoms with Crippen LogP contribution in [0.3, 0.4) is 0 Å². The van der Waals surface area contributed by atoms with Crippen LogP contribution in [-0.2, 0) is 11.3 Å². The van der Waals surface area contributed by atoms with Crippen molar-refractivity contribution in [1.29, 1.82) is 5.26 Å². The van der Waals surface area contributed by atoms with Gasteiger partial charge in [0.1, 0.15) is 6.54 Å². The Balaban J connectivity index is 1.94. The molecule has 2 aromatic rings. The van der Waals surface area contributed by atoms with Crippen molar-refractivity contribution in [2.75, 3.05) is 24.7 Å². The van der Waals surface area contributed by atoms with Crippen molar-refractivity contribution in [3.63, 3.8) is 0 Å². The highest BCUT2D eigenvalue weighted by molar-refractivity contribution is 7.99. The first-order valence-corrected chi connectivity index (χ1v) is 8.90. The third kappa shape index (κ3) is 5.57. The number of carbonyl (C=O) groups is 1. The van der Waals surface area contributed by atoms with Crippen LogP contribution < -0.4 is 10.2 Å². The fourth-order valence-electron chi connectivity index (χ4n) is 2.30. The van der Waals surface area contributed by atoms with Crippen molar-refractivity contribution >= 4 is 35.0 Å². The van der Waals surface area contributed by atoms with Crippen LogP contribution in [0, 0.1) is 11.3 Å². The third-order valence-electron chi connectivity index (χ3n) is 3.37. The van der Waals surface area contributed by atoms with E-state index in [2.05, 4.69) is 11.4 Å². The Morgan fingerprint density at radius 1 is 1.25 bits per heavy atom. The molecule has 0 spiro atoms. The predicted octanol–water partition coefficient (Wildman–Crippen LogP) is 2.61. The number of thioether (sulfide) groups is 1. The van der Waals surface area contributed by atoms with E-state index in [-0.39, 0.29) is 5.91 Å². The van der Waals surface area contributed by atoms with Gasteiger partial charge in [0.25, 0.3) is 5.91 Å². The number of benzene rings is 2. The van der Waals surface area contributed by atoms with Crippen molar-refractivity contribution in [1.82, 2.24) is 0 Å². The summed E-state index contributed by atoms with van der Waals surface area (Å²) < 4.78 is 0. The average Bonchev–Trinajstić information content (AvgIpc) is 2.56. The molecular formula is C18H19ClN3OS+. The molecule has 0 aliphatic carbocycles. The molecule has 4 nitrogen and oxygen atoms in total. The van der Waals surface area contributed by atoms with Gasteiger partial charge in [0.2, 0.25) is 0 Å². The number of rotatable bonds is 7. The van der Waals surface area contributed by atoms with Crippen LogP contribution in [0.15, 0.2) is 53.4 Å². The summed E-state index contributed by atoms with van der Waals surface area (Å²) in [6, 6.07) is 17.3. The molecule has 0 radical (unpaired) electrons. The fourth-order valence-corrected chi connectivity index (χ4v) is 3.18. The lowest BCUT2D eigenvalue weighted by atomic mass is 10.2. The topological polar surface area (TPSA) is 57.3 Å².